The minimum atomic E-state index is -0.0984. The van der Waals surface area contributed by atoms with E-state index in [0.717, 1.165) is 37.2 Å². The molecule has 2 N–H and O–H groups in total. The van der Waals surface area contributed by atoms with Gasteiger partial charge in [0, 0.05) is 24.7 Å². The van der Waals surface area contributed by atoms with E-state index in [1.807, 2.05) is 6.07 Å². The Morgan fingerprint density at radius 3 is 2.26 bits per heavy atom. The van der Waals surface area contributed by atoms with Crippen LogP contribution in [-0.4, -0.2) is 23.4 Å². The molecule has 2 aromatic rings. The van der Waals surface area contributed by atoms with Gasteiger partial charge in [-0.1, -0.05) is 69.9 Å². The van der Waals surface area contributed by atoms with Crippen LogP contribution in [-0.2, 0) is 12.8 Å². The van der Waals surface area contributed by atoms with E-state index in [2.05, 4.69) is 38.1 Å². The summed E-state index contributed by atoms with van der Waals surface area (Å²) in [4.78, 5) is 0. The van der Waals surface area contributed by atoms with E-state index in [1.165, 1.54) is 68.1 Å². The van der Waals surface area contributed by atoms with E-state index in [4.69, 9.17) is 0 Å². The Balaban J connectivity index is 1.63. The minimum Gasteiger partial charge on any atom is -0.396 e. The largest absolute Gasteiger partial charge is 0.396 e. The number of aliphatic hydroxyl groups is 2. The normalized spacial score (nSPS) is 18.5. The van der Waals surface area contributed by atoms with E-state index in [0.29, 0.717) is 11.5 Å². The summed E-state index contributed by atoms with van der Waals surface area (Å²) in [5.74, 6) is 1.24. The smallest absolute Gasteiger partial charge is 0.131 e. The van der Waals surface area contributed by atoms with Crippen LogP contribution in [0.4, 0.5) is 4.39 Å². The van der Waals surface area contributed by atoms with Crippen molar-refractivity contribution in [2.45, 2.75) is 96.8 Å². The lowest BCUT2D eigenvalue weighted by atomic mass is 9.77. The molecule has 0 amide bonds. The van der Waals surface area contributed by atoms with Crippen molar-refractivity contribution < 1.29 is 14.6 Å². The van der Waals surface area contributed by atoms with Gasteiger partial charge in [0.05, 0.1) is 0 Å². The fraction of sp³-hybridized carbons (Fsp3) is 0.613. The van der Waals surface area contributed by atoms with Gasteiger partial charge in [0.15, 0.2) is 0 Å². The Morgan fingerprint density at radius 2 is 1.62 bits per heavy atom. The predicted octanol–water partition coefficient (Wildman–Crippen LogP) is 7.83. The lowest BCUT2D eigenvalue weighted by Crippen LogP contribution is -2.13. The number of hydrogen-bond donors (Lipinski definition) is 2. The van der Waals surface area contributed by atoms with Crippen LogP contribution in [0.3, 0.4) is 0 Å². The van der Waals surface area contributed by atoms with E-state index >= 15 is 4.39 Å². The summed E-state index contributed by atoms with van der Waals surface area (Å²) < 4.78 is 15.3. The molecule has 0 unspecified atom stereocenters. The molecule has 0 aliphatic heterocycles. The average molecular weight is 469 g/mol. The highest BCUT2D eigenvalue weighted by Gasteiger charge is 2.23. The van der Waals surface area contributed by atoms with Crippen molar-refractivity contribution in [3.8, 4) is 11.1 Å². The Morgan fingerprint density at radius 1 is 0.882 bits per heavy atom. The summed E-state index contributed by atoms with van der Waals surface area (Å²) in [5, 5.41) is 18.5. The molecular weight excluding hydrogens is 423 g/mol. The number of benzene rings is 2. The maximum absolute atomic E-state index is 15.3. The van der Waals surface area contributed by atoms with Gasteiger partial charge in [-0.15, -0.1) is 0 Å². The molecule has 1 fully saturated rings. The SMILES string of the molecule is CCCCCC1CCC(c2ccc(-c3ccc(CCCC(CO)CO)cc3CC)c(F)c2)CC1. The van der Waals surface area contributed by atoms with Crippen molar-refractivity contribution in [3.05, 3.63) is 58.9 Å². The van der Waals surface area contributed by atoms with Crippen LogP contribution in [0.25, 0.3) is 11.1 Å². The van der Waals surface area contributed by atoms with Gasteiger partial charge < -0.3 is 10.2 Å². The molecule has 34 heavy (non-hydrogen) atoms. The zero-order valence-electron chi connectivity index (χ0n) is 21.4. The van der Waals surface area contributed by atoms with Gasteiger partial charge in [-0.05, 0) is 91.5 Å². The van der Waals surface area contributed by atoms with Gasteiger partial charge >= 0.3 is 0 Å². The molecule has 1 aliphatic carbocycles. The maximum atomic E-state index is 15.3. The molecule has 0 spiro atoms. The Hall–Kier alpha value is -1.71. The average Bonchev–Trinajstić information content (AvgIpc) is 2.87. The Bertz CT molecular complexity index is 866. The van der Waals surface area contributed by atoms with Gasteiger partial charge in [-0.25, -0.2) is 4.39 Å². The van der Waals surface area contributed by atoms with Crippen LogP contribution in [0.5, 0.6) is 0 Å². The molecule has 1 aliphatic rings. The van der Waals surface area contributed by atoms with Crippen molar-refractivity contribution in [3.63, 3.8) is 0 Å². The number of rotatable bonds is 13. The molecule has 0 heterocycles. The Labute approximate surface area is 206 Å². The minimum absolute atomic E-state index is 0.0331. The van der Waals surface area contributed by atoms with Crippen molar-refractivity contribution in [1.82, 2.24) is 0 Å². The van der Waals surface area contributed by atoms with Gasteiger partial charge in [0.1, 0.15) is 5.82 Å². The second-order valence-electron chi connectivity index (χ2n) is 10.4. The highest BCUT2D eigenvalue weighted by molar-refractivity contribution is 5.69. The van der Waals surface area contributed by atoms with Crippen molar-refractivity contribution in [1.29, 1.82) is 0 Å². The first-order chi connectivity index (χ1) is 16.6. The van der Waals surface area contributed by atoms with Crippen LogP contribution in [0.2, 0.25) is 0 Å². The van der Waals surface area contributed by atoms with E-state index in [1.54, 1.807) is 6.07 Å². The molecule has 0 saturated heterocycles. The van der Waals surface area contributed by atoms with Crippen molar-refractivity contribution in [2.75, 3.05) is 13.2 Å². The summed E-state index contributed by atoms with van der Waals surface area (Å²) >= 11 is 0. The van der Waals surface area contributed by atoms with Crippen LogP contribution in [0.1, 0.15) is 101 Å². The van der Waals surface area contributed by atoms with Crippen molar-refractivity contribution in [2.24, 2.45) is 11.8 Å². The zero-order chi connectivity index (χ0) is 24.3. The fourth-order valence-corrected chi connectivity index (χ4v) is 5.66. The number of halogens is 1. The first-order valence-corrected chi connectivity index (χ1v) is 13.7. The van der Waals surface area contributed by atoms with Crippen molar-refractivity contribution >= 4 is 0 Å². The lowest BCUT2D eigenvalue weighted by molar-refractivity contribution is 0.142. The molecule has 2 aromatic carbocycles. The van der Waals surface area contributed by atoms with Crippen LogP contribution >= 0.6 is 0 Å². The summed E-state index contributed by atoms with van der Waals surface area (Å²) in [5.41, 5.74) is 5.30. The first kappa shape index (κ1) is 26.9. The van der Waals surface area contributed by atoms with Crippen LogP contribution in [0.15, 0.2) is 36.4 Å². The number of unbranched alkanes of at least 4 members (excludes halogenated alkanes) is 2. The molecule has 3 heteroatoms. The van der Waals surface area contributed by atoms with Crippen LogP contribution in [0, 0.1) is 17.7 Å². The second kappa shape index (κ2) is 14.0. The third-order valence-corrected chi connectivity index (χ3v) is 7.96. The quantitative estimate of drug-likeness (QED) is 0.294. The molecule has 0 bridgehead atoms. The second-order valence-corrected chi connectivity index (χ2v) is 10.4. The molecule has 0 radical (unpaired) electrons. The van der Waals surface area contributed by atoms with E-state index < -0.39 is 0 Å². The third kappa shape index (κ3) is 7.39. The predicted molar refractivity (Wildman–Crippen MR) is 141 cm³/mol. The standard InChI is InChI=1S/C31H45FO2/c1-3-5-6-8-23-11-14-27(15-12-23)28-16-18-30(31(32)20-28)29-17-13-24(19-26(29)4-2)9-7-10-25(21-33)22-34/h13,16-20,23,25,27,33-34H,3-12,14-15,21-22H2,1-2H3. The molecule has 0 atom stereocenters. The summed E-state index contributed by atoms with van der Waals surface area (Å²) in [6.07, 6.45) is 13.8. The van der Waals surface area contributed by atoms with E-state index in [9.17, 15) is 10.2 Å². The fourth-order valence-electron chi connectivity index (χ4n) is 5.66. The van der Waals surface area contributed by atoms with Gasteiger partial charge in [-0.2, -0.15) is 0 Å². The summed E-state index contributed by atoms with van der Waals surface area (Å²) in [7, 11) is 0. The third-order valence-electron chi connectivity index (χ3n) is 7.96. The highest BCUT2D eigenvalue weighted by Crippen LogP contribution is 2.39. The molecule has 0 aromatic heterocycles. The molecule has 1 saturated carbocycles. The maximum Gasteiger partial charge on any atom is 0.131 e. The number of aliphatic hydroxyl groups excluding tert-OH is 2. The van der Waals surface area contributed by atoms with Gasteiger partial charge in [-0.3, -0.25) is 0 Å². The lowest BCUT2D eigenvalue weighted by Gasteiger charge is -2.29. The van der Waals surface area contributed by atoms with Gasteiger partial charge in [0.25, 0.3) is 0 Å². The monoisotopic (exact) mass is 468 g/mol. The molecule has 2 nitrogen and oxygen atoms in total. The Kier molecular flexibility index (Phi) is 11.1. The van der Waals surface area contributed by atoms with Crippen LogP contribution < -0.4 is 0 Å². The molecule has 188 valence electrons. The van der Waals surface area contributed by atoms with E-state index in [-0.39, 0.29) is 24.9 Å². The topological polar surface area (TPSA) is 40.5 Å². The number of hydrogen-bond acceptors (Lipinski definition) is 2. The highest BCUT2D eigenvalue weighted by atomic mass is 19.1. The zero-order valence-corrected chi connectivity index (χ0v) is 21.4. The summed E-state index contributed by atoms with van der Waals surface area (Å²) in [6.45, 7) is 4.46. The number of aryl methyl sites for hydroxylation is 2. The molecule has 3 rings (SSSR count). The molecular formula is C31H45FO2. The first-order valence-electron chi connectivity index (χ1n) is 13.7. The summed E-state index contributed by atoms with van der Waals surface area (Å²) in [6, 6.07) is 12.3. The van der Waals surface area contributed by atoms with Gasteiger partial charge in [0.2, 0.25) is 0 Å².